The molecule has 8 heteroatoms. The number of nitrogens with zero attached hydrogens (tertiary/aromatic N) is 2. The van der Waals surface area contributed by atoms with Crippen molar-refractivity contribution in [1.29, 1.82) is 0 Å². The second-order valence-electron chi connectivity index (χ2n) is 6.17. The number of rotatable bonds is 4. The van der Waals surface area contributed by atoms with Gasteiger partial charge >= 0.3 is 5.51 Å². The highest BCUT2D eigenvalue weighted by Gasteiger charge is 2.29. The molecule has 0 radical (unpaired) electrons. The molecule has 4 aromatic rings. The summed E-state index contributed by atoms with van der Waals surface area (Å²) in [6, 6.07) is 14.5. The van der Waals surface area contributed by atoms with Gasteiger partial charge in [0.25, 0.3) is 0 Å². The van der Waals surface area contributed by atoms with Crippen LogP contribution in [0.5, 0.6) is 0 Å². The summed E-state index contributed by atoms with van der Waals surface area (Å²) in [4.78, 5) is 7.69. The molecule has 0 atom stereocenters. The summed E-state index contributed by atoms with van der Waals surface area (Å²) < 4.78 is 53.1. The summed E-state index contributed by atoms with van der Waals surface area (Å²) >= 11 is -0.131. The minimum atomic E-state index is -4.29. The zero-order valence-electron chi connectivity index (χ0n) is 14.4. The highest BCUT2D eigenvalue weighted by Crippen LogP contribution is 2.36. The third-order valence-corrected chi connectivity index (χ3v) is 4.87. The first-order valence-corrected chi connectivity index (χ1v) is 9.17. The van der Waals surface area contributed by atoms with E-state index in [-0.39, 0.29) is 22.5 Å². The number of benzene rings is 2. The molecule has 28 heavy (non-hydrogen) atoms. The average molecular weight is 404 g/mol. The van der Waals surface area contributed by atoms with Gasteiger partial charge in [-0.15, -0.1) is 0 Å². The Morgan fingerprint density at radius 1 is 1.00 bits per heavy atom. The van der Waals surface area contributed by atoms with Crippen LogP contribution >= 0.6 is 11.8 Å². The van der Waals surface area contributed by atoms with Gasteiger partial charge < -0.3 is 4.98 Å². The maximum Gasteiger partial charge on any atom is 0.446 e. The molecule has 0 saturated carbocycles. The molecular formula is C20H14F4N3S+. The van der Waals surface area contributed by atoms with E-state index in [1.807, 2.05) is 23.0 Å². The van der Waals surface area contributed by atoms with E-state index < -0.39 is 5.51 Å². The third-order valence-electron chi connectivity index (χ3n) is 4.13. The molecule has 0 fully saturated rings. The summed E-state index contributed by atoms with van der Waals surface area (Å²) in [5, 5.41) is 0. The fourth-order valence-electron chi connectivity index (χ4n) is 2.89. The molecule has 0 aliphatic carbocycles. The number of pyridine rings is 1. The number of nitrogens with one attached hydrogen (secondary N) is 1. The fourth-order valence-corrected chi connectivity index (χ4v) is 3.43. The number of thioether (sulfide) groups is 1. The van der Waals surface area contributed by atoms with Crippen LogP contribution in [-0.2, 0) is 6.54 Å². The number of fused-ring (bicyclic) bond motifs is 1. The Morgan fingerprint density at radius 3 is 2.46 bits per heavy atom. The summed E-state index contributed by atoms with van der Waals surface area (Å²) in [6.45, 7) is 0.487. The van der Waals surface area contributed by atoms with Gasteiger partial charge in [-0.05, 0) is 36.0 Å². The molecular weight excluding hydrogens is 390 g/mol. The van der Waals surface area contributed by atoms with Crippen molar-refractivity contribution in [3.63, 3.8) is 0 Å². The number of aromatic nitrogens is 3. The topological polar surface area (TPSA) is 32.6 Å². The normalized spacial score (nSPS) is 11.9. The molecule has 3 nitrogen and oxygen atoms in total. The van der Waals surface area contributed by atoms with Crippen molar-refractivity contribution >= 4 is 22.8 Å². The molecule has 2 heterocycles. The van der Waals surface area contributed by atoms with Crippen LogP contribution in [0, 0.1) is 5.82 Å². The maximum absolute atomic E-state index is 14.0. The number of imidazole rings is 1. The zero-order chi connectivity index (χ0) is 19.7. The van der Waals surface area contributed by atoms with Crippen LogP contribution in [0.1, 0.15) is 5.56 Å². The molecule has 0 bridgehead atoms. The van der Waals surface area contributed by atoms with Crippen molar-refractivity contribution < 1.29 is 22.1 Å². The van der Waals surface area contributed by atoms with Crippen molar-refractivity contribution in [2.24, 2.45) is 0 Å². The van der Waals surface area contributed by atoms with Gasteiger partial charge in [0.2, 0.25) is 0 Å². The minimum absolute atomic E-state index is 0.131. The molecule has 142 valence electrons. The lowest BCUT2D eigenvalue weighted by Crippen LogP contribution is -2.33. The highest BCUT2D eigenvalue weighted by molar-refractivity contribution is 8.00. The first-order valence-electron chi connectivity index (χ1n) is 8.36. The predicted octanol–water partition coefficient (Wildman–Crippen LogP) is 5.32. The van der Waals surface area contributed by atoms with E-state index >= 15 is 0 Å². The van der Waals surface area contributed by atoms with Crippen molar-refractivity contribution in [1.82, 2.24) is 9.97 Å². The second-order valence-corrected chi connectivity index (χ2v) is 7.31. The largest absolute Gasteiger partial charge is 0.446 e. The first-order chi connectivity index (χ1) is 13.4. The van der Waals surface area contributed by atoms with Crippen LogP contribution in [0.25, 0.3) is 22.4 Å². The van der Waals surface area contributed by atoms with Crippen LogP contribution in [0.2, 0.25) is 0 Å². The van der Waals surface area contributed by atoms with Crippen LogP contribution < -0.4 is 4.57 Å². The number of hydrogen-bond donors (Lipinski definition) is 1. The number of aromatic amines is 1. The molecule has 0 saturated heterocycles. The van der Waals surface area contributed by atoms with Crippen LogP contribution in [0.3, 0.4) is 0 Å². The van der Waals surface area contributed by atoms with Gasteiger partial charge in [0, 0.05) is 16.5 Å². The highest BCUT2D eigenvalue weighted by atomic mass is 32.2. The smallest absolute Gasteiger partial charge is 0.333 e. The summed E-state index contributed by atoms with van der Waals surface area (Å²) in [7, 11) is 0. The lowest BCUT2D eigenvalue weighted by Gasteiger charge is -2.05. The summed E-state index contributed by atoms with van der Waals surface area (Å²) in [5.74, 6) is 0.0885. The molecule has 2 aromatic carbocycles. The summed E-state index contributed by atoms with van der Waals surface area (Å²) in [6.07, 6.45) is 3.66. The van der Waals surface area contributed by atoms with E-state index in [4.69, 9.17) is 0 Å². The van der Waals surface area contributed by atoms with Crippen LogP contribution in [0.4, 0.5) is 17.6 Å². The van der Waals surface area contributed by atoms with E-state index in [2.05, 4.69) is 9.97 Å². The zero-order valence-corrected chi connectivity index (χ0v) is 15.2. The lowest BCUT2D eigenvalue weighted by atomic mass is 10.2. The van der Waals surface area contributed by atoms with Crippen molar-refractivity contribution in [3.05, 3.63) is 78.4 Å². The second kappa shape index (κ2) is 7.27. The number of hydrogen-bond acceptors (Lipinski definition) is 2. The van der Waals surface area contributed by atoms with Gasteiger partial charge in [-0.25, -0.2) is 9.37 Å². The maximum atomic E-state index is 14.0. The Balaban J connectivity index is 1.56. The van der Waals surface area contributed by atoms with Gasteiger partial charge in [-0.2, -0.15) is 17.7 Å². The molecule has 1 N–H and O–H groups in total. The SMILES string of the molecule is Fc1ccccc1-c1nc2cc[n+](Cc3ccc(SC(F)(F)F)cc3)cc2[nH]1. The Kier molecular flexibility index (Phi) is 4.80. The fraction of sp³-hybridized carbons (Fsp3) is 0.100. The molecule has 0 aliphatic heterocycles. The predicted molar refractivity (Wildman–Crippen MR) is 99.1 cm³/mol. The lowest BCUT2D eigenvalue weighted by molar-refractivity contribution is -0.687. The quantitative estimate of drug-likeness (QED) is 0.284. The molecule has 0 unspecified atom stereocenters. The van der Waals surface area contributed by atoms with E-state index in [0.717, 1.165) is 11.1 Å². The Morgan fingerprint density at radius 2 is 1.75 bits per heavy atom. The monoisotopic (exact) mass is 404 g/mol. The van der Waals surface area contributed by atoms with Crippen LogP contribution in [-0.4, -0.2) is 15.5 Å². The standard InChI is InChI=1S/C20H13F4N3S/c21-16-4-2-1-3-15(16)19-25-17-9-10-27(12-18(17)26-19)11-13-5-7-14(8-6-13)28-20(22,23)24/h1-10,12H,11H2/p+1. The number of alkyl halides is 3. The Labute approximate surface area is 162 Å². The third kappa shape index (κ3) is 4.17. The Bertz CT molecular complexity index is 1120. The van der Waals surface area contributed by atoms with E-state index in [1.54, 1.807) is 30.3 Å². The van der Waals surface area contributed by atoms with Gasteiger partial charge in [-0.1, -0.05) is 24.3 Å². The molecule has 0 aliphatic rings. The molecule has 0 spiro atoms. The van der Waals surface area contributed by atoms with E-state index in [9.17, 15) is 17.6 Å². The molecule has 2 aromatic heterocycles. The first kappa shape index (κ1) is 18.5. The van der Waals surface area contributed by atoms with Gasteiger partial charge in [-0.3, -0.25) is 0 Å². The average Bonchev–Trinajstić information content (AvgIpc) is 3.05. The van der Waals surface area contributed by atoms with Gasteiger partial charge in [0.05, 0.1) is 5.56 Å². The number of H-pyrrole nitrogens is 1. The number of halogens is 4. The Hall–Kier alpha value is -2.87. The van der Waals surface area contributed by atoms with Gasteiger partial charge in [0.1, 0.15) is 22.7 Å². The minimum Gasteiger partial charge on any atom is -0.333 e. The van der Waals surface area contributed by atoms with Crippen molar-refractivity contribution in [3.8, 4) is 11.4 Å². The van der Waals surface area contributed by atoms with E-state index in [1.165, 1.54) is 18.2 Å². The van der Waals surface area contributed by atoms with Gasteiger partial charge in [0.15, 0.2) is 18.9 Å². The molecule has 0 amide bonds. The summed E-state index contributed by atoms with van der Waals surface area (Å²) in [5.41, 5.74) is -1.60. The van der Waals surface area contributed by atoms with Crippen LogP contribution in [0.15, 0.2) is 71.9 Å². The van der Waals surface area contributed by atoms with Crippen molar-refractivity contribution in [2.75, 3.05) is 0 Å². The van der Waals surface area contributed by atoms with E-state index in [0.29, 0.717) is 23.4 Å². The van der Waals surface area contributed by atoms with Crippen molar-refractivity contribution in [2.45, 2.75) is 16.9 Å². The molecule has 4 rings (SSSR count).